The first-order valence-electron chi connectivity index (χ1n) is 8.72. The molecule has 126 valence electrons. The van der Waals surface area contributed by atoms with E-state index in [1.54, 1.807) is 6.07 Å². The average molecular weight is 316 g/mol. The molecule has 4 nitrogen and oxygen atoms in total. The summed E-state index contributed by atoms with van der Waals surface area (Å²) in [7, 11) is 0. The third-order valence-electron chi connectivity index (χ3n) is 4.68. The molecule has 1 aromatic carbocycles. The second-order valence-electron chi connectivity index (χ2n) is 6.72. The number of hydrogen-bond donors (Lipinski definition) is 2. The van der Waals surface area contributed by atoms with Crippen LogP contribution in [0.1, 0.15) is 72.9 Å². The van der Waals surface area contributed by atoms with Gasteiger partial charge in [-0.25, -0.2) is 0 Å². The van der Waals surface area contributed by atoms with Gasteiger partial charge in [-0.05, 0) is 44.2 Å². The minimum Gasteiger partial charge on any atom is -0.273 e. The van der Waals surface area contributed by atoms with Gasteiger partial charge in [0.05, 0.1) is 0 Å². The van der Waals surface area contributed by atoms with Crippen LogP contribution in [0.15, 0.2) is 18.2 Å². The van der Waals surface area contributed by atoms with Crippen LogP contribution in [-0.4, -0.2) is 11.8 Å². The minimum atomic E-state index is -0.261. The highest BCUT2D eigenvalue weighted by Crippen LogP contribution is 2.27. The summed E-state index contributed by atoms with van der Waals surface area (Å²) in [6, 6.07) is 5.64. The van der Waals surface area contributed by atoms with E-state index >= 15 is 0 Å². The average Bonchev–Trinajstić information content (AvgIpc) is 2.53. The Morgan fingerprint density at radius 2 is 1.83 bits per heavy atom. The monoisotopic (exact) mass is 316 g/mol. The van der Waals surface area contributed by atoms with Crippen molar-refractivity contribution in [1.29, 1.82) is 0 Å². The van der Waals surface area contributed by atoms with Crippen LogP contribution in [0.5, 0.6) is 0 Å². The molecule has 0 bridgehead atoms. The van der Waals surface area contributed by atoms with Gasteiger partial charge in [-0.15, -0.1) is 0 Å². The molecule has 2 amide bonds. The van der Waals surface area contributed by atoms with Crippen LogP contribution in [0.3, 0.4) is 0 Å². The van der Waals surface area contributed by atoms with E-state index in [-0.39, 0.29) is 11.8 Å². The highest BCUT2D eigenvalue weighted by atomic mass is 16.2. The second-order valence-corrected chi connectivity index (χ2v) is 6.72. The third kappa shape index (κ3) is 5.70. The molecule has 2 N–H and O–H groups in total. The molecule has 0 radical (unpaired) electrons. The highest BCUT2D eigenvalue weighted by Gasteiger charge is 2.14. The summed E-state index contributed by atoms with van der Waals surface area (Å²) >= 11 is 0. The Balaban J connectivity index is 1.68. The first-order valence-corrected chi connectivity index (χ1v) is 8.72. The molecule has 0 spiro atoms. The number of carbonyl (C=O) groups excluding carboxylic acids is 2. The Morgan fingerprint density at radius 3 is 2.52 bits per heavy atom. The van der Waals surface area contributed by atoms with Crippen LogP contribution in [0.2, 0.25) is 0 Å². The minimum absolute atomic E-state index is 0.112. The van der Waals surface area contributed by atoms with Crippen LogP contribution >= 0.6 is 0 Å². The summed E-state index contributed by atoms with van der Waals surface area (Å²) in [5, 5.41) is 0. The summed E-state index contributed by atoms with van der Waals surface area (Å²) in [6.07, 6.45) is 9.15. The van der Waals surface area contributed by atoms with Gasteiger partial charge < -0.3 is 0 Å². The van der Waals surface area contributed by atoms with Gasteiger partial charge in [0, 0.05) is 12.0 Å². The molecule has 23 heavy (non-hydrogen) atoms. The predicted octanol–water partition coefficient (Wildman–Crippen LogP) is 3.82. The highest BCUT2D eigenvalue weighted by molar-refractivity contribution is 5.96. The zero-order chi connectivity index (χ0) is 16.7. The van der Waals surface area contributed by atoms with E-state index in [1.807, 2.05) is 26.0 Å². The number of hydrogen-bond acceptors (Lipinski definition) is 2. The molecule has 1 aliphatic rings. The molecule has 1 saturated carbocycles. The third-order valence-corrected chi connectivity index (χ3v) is 4.68. The van der Waals surface area contributed by atoms with Gasteiger partial charge in [0.1, 0.15) is 0 Å². The number of benzene rings is 1. The summed E-state index contributed by atoms with van der Waals surface area (Å²) in [5.74, 6) is 0.420. The molecule has 4 heteroatoms. The zero-order valence-electron chi connectivity index (χ0n) is 14.3. The maximum atomic E-state index is 12.1. The number of carbonyl (C=O) groups is 2. The molecule has 0 heterocycles. The lowest BCUT2D eigenvalue weighted by Crippen LogP contribution is -2.41. The maximum Gasteiger partial charge on any atom is 0.269 e. The number of amides is 2. The van der Waals surface area contributed by atoms with Crippen molar-refractivity contribution in [1.82, 2.24) is 10.9 Å². The van der Waals surface area contributed by atoms with Crippen LogP contribution in [0.4, 0.5) is 0 Å². The van der Waals surface area contributed by atoms with Crippen LogP contribution in [0, 0.1) is 19.8 Å². The van der Waals surface area contributed by atoms with Crippen molar-refractivity contribution >= 4 is 11.8 Å². The smallest absolute Gasteiger partial charge is 0.269 e. The van der Waals surface area contributed by atoms with Crippen LogP contribution in [0.25, 0.3) is 0 Å². The molecule has 0 aromatic heterocycles. The van der Waals surface area contributed by atoms with Crippen LogP contribution < -0.4 is 10.9 Å². The first-order chi connectivity index (χ1) is 11.1. The van der Waals surface area contributed by atoms with Gasteiger partial charge in [-0.2, -0.15) is 0 Å². The van der Waals surface area contributed by atoms with Crippen molar-refractivity contribution in [3.05, 3.63) is 34.9 Å². The fourth-order valence-corrected chi connectivity index (χ4v) is 3.35. The van der Waals surface area contributed by atoms with E-state index in [0.29, 0.717) is 12.0 Å². The van der Waals surface area contributed by atoms with Gasteiger partial charge in [0.15, 0.2) is 0 Å². The van der Waals surface area contributed by atoms with E-state index in [2.05, 4.69) is 10.9 Å². The lowest BCUT2D eigenvalue weighted by molar-refractivity contribution is -0.122. The number of rotatable bonds is 5. The van der Waals surface area contributed by atoms with Crippen molar-refractivity contribution < 1.29 is 9.59 Å². The Kier molecular flexibility index (Phi) is 6.63. The molecule has 0 atom stereocenters. The van der Waals surface area contributed by atoms with E-state index in [9.17, 15) is 9.59 Å². The van der Waals surface area contributed by atoms with Gasteiger partial charge >= 0.3 is 0 Å². The summed E-state index contributed by atoms with van der Waals surface area (Å²) in [6.45, 7) is 3.89. The van der Waals surface area contributed by atoms with Crippen molar-refractivity contribution in [2.45, 2.75) is 65.2 Å². The van der Waals surface area contributed by atoms with Crippen molar-refractivity contribution in [2.24, 2.45) is 5.92 Å². The van der Waals surface area contributed by atoms with Crippen molar-refractivity contribution in [2.75, 3.05) is 0 Å². The van der Waals surface area contributed by atoms with E-state index < -0.39 is 0 Å². The maximum absolute atomic E-state index is 12.1. The summed E-state index contributed by atoms with van der Waals surface area (Å²) in [5.41, 5.74) is 7.65. The number of hydrazine groups is 1. The fraction of sp³-hybridized carbons (Fsp3) is 0.579. The molecular formula is C19H28N2O2. The Hall–Kier alpha value is -1.84. The van der Waals surface area contributed by atoms with Gasteiger partial charge in [0.2, 0.25) is 5.91 Å². The standard InChI is InChI=1S/C19H28N2O2/c1-14-11-12-17(15(2)13-14)19(23)21-20-18(22)10-6-9-16-7-4-3-5-8-16/h11-13,16H,3-10H2,1-2H3,(H,20,22)(H,21,23). The fourth-order valence-electron chi connectivity index (χ4n) is 3.35. The van der Waals surface area contributed by atoms with E-state index in [0.717, 1.165) is 29.9 Å². The topological polar surface area (TPSA) is 58.2 Å². The molecular weight excluding hydrogens is 288 g/mol. The van der Waals surface area contributed by atoms with Crippen molar-refractivity contribution in [3.8, 4) is 0 Å². The molecule has 2 rings (SSSR count). The quantitative estimate of drug-likeness (QED) is 0.811. The van der Waals surface area contributed by atoms with Crippen LogP contribution in [-0.2, 0) is 4.79 Å². The zero-order valence-corrected chi connectivity index (χ0v) is 14.3. The lowest BCUT2D eigenvalue weighted by atomic mass is 9.86. The SMILES string of the molecule is Cc1ccc(C(=O)NNC(=O)CCCC2CCCCC2)c(C)c1. The Labute approximate surface area is 139 Å². The van der Waals surface area contributed by atoms with Crippen molar-refractivity contribution in [3.63, 3.8) is 0 Å². The summed E-state index contributed by atoms with van der Waals surface area (Å²) in [4.78, 5) is 23.9. The molecule has 0 aliphatic heterocycles. The van der Waals surface area contributed by atoms with E-state index in [4.69, 9.17) is 0 Å². The lowest BCUT2D eigenvalue weighted by Gasteiger charge is -2.21. The van der Waals surface area contributed by atoms with Gasteiger partial charge in [-0.1, -0.05) is 49.8 Å². The number of aryl methyl sites for hydroxylation is 2. The molecule has 1 fully saturated rings. The molecule has 1 aromatic rings. The van der Waals surface area contributed by atoms with E-state index in [1.165, 1.54) is 32.1 Å². The predicted molar refractivity (Wildman–Crippen MR) is 92.0 cm³/mol. The Bertz CT molecular complexity index is 548. The molecule has 0 saturated heterocycles. The Morgan fingerprint density at radius 1 is 1.09 bits per heavy atom. The molecule has 0 unspecified atom stereocenters. The number of nitrogens with one attached hydrogen (secondary N) is 2. The first kappa shape index (κ1) is 17.5. The second kappa shape index (κ2) is 8.70. The summed E-state index contributed by atoms with van der Waals surface area (Å²) < 4.78 is 0. The largest absolute Gasteiger partial charge is 0.273 e. The van der Waals surface area contributed by atoms with Gasteiger partial charge in [-0.3, -0.25) is 20.4 Å². The molecule has 1 aliphatic carbocycles. The van der Waals surface area contributed by atoms with Gasteiger partial charge in [0.25, 0.3) is 5.91 Å². The normalized spacial score (nSPS) is 15.2.